The molecule has 246 valence electrons. The van der Waals surface area contributed by atoms with Crippen molar-refractivity contribution in [3.05, 3.63) is 86.2 Å². The molecular formula is C30H38Br3NaO9S2. The van der Waals surface area contributed by atoms with E-state index in [1.165, 1.54) is 19.9 Å². The summed E-state index contributed by atoms with van der Waals surface area (Å²) in [6, 6.07) is 22.5. The van der Waals surface area contributed by atoms with Crippen LogP contribution in [0.4, 0.5) is 0 Å². The first-order valence-corrected chi connectivity index (χ1v) is 19.4. The van der Waals surface area contributed by atoms with Crippen molar-refractivity contribution >= 4 is 68.0 Å². The summed E-state index contributed by atoms with van der Waals surface area (Å²) in [6.07, 6.45) is 1.77. The topological polar surface area (TPSA) is 128 Å². The molecule has 0 aromatic heterocycles. The Kier molecular flexibility index (Phi) is 21.7. The van der Waals surface area contributed by atoms with E-state index in [9.17, 15) is 21.9 Å². The van der Waals surface area contributed by atoms with Crippen molar-refractivity contribution in [1.82, 2.24) is 0 Å². The van der Waals surface area contributed by atoms with Crippen LogP contribution < -0.4 is 44.1 Å². The Morgan fingerprint density at radius 3 is 1.18 bits per heavy atom. The van der Waals surface area contributed by atoms with Crippen LogP contribution in [0.5, 0.6) is 17.2 Å². The minimum atomic E-state index is -3.52. The van der Waals surface area contributed by atoms with Gasteiger partial charge in [0.2, 0.25) is 0 Å². The van der Waals surface area contributed by atoms with Gasteiger partial charge in [0.1, 0.15) is 11.5 Å². The smallest absolute Gasteiger partial charge is 0.872 e. The Labute approximate surface area is 315 Å². The first-order valence-electron chi connectivity index (χ1n) is 13.4. The fraction of sp³-hybridized carbons (Fsp3) is 0.400. The predicted octanol–water partition coefficient (Wildman–Crippen LogP) is 4.47. The minimum Gasteiger partial charge on any atom is -0.872 e. The van der Waals surface area contributed by atoms with Crippen LogP contribution in [0.25, 0.3) is 0 Å². The zero-order valence-corrected chi connectivity index (χ0v) is 34.7. The summed E-state index contributed by atoms with van der Waals surface area (Å²) in [5, 5.41) is 10.6. The quantitative estimate of drug-likeness (QED) is 0.192. The van der Waals surface area contributed by atoms with Gasteiger partial charge in [-0.15, -0.1) is 0 Å². The van der Waals surface area contributed by atoms with Crippen molar-refractivity contribution in [3.8, 4) is 17.2 Å². The van der Waals surface area contributed by atoms with Gasteiger partial charge in [-0.25, -0.2) is 0 Å². The standard InChI is InChI=1S/C17H18Br2O2.C7H16O6S2.C6H5BrO.Na/c1-12(20-16-9-5-3-7-14(16)18)11-13(2)21-17-10-6-4-8-15(17)19;1-6(12-14(3,8)9)5-7(2)13-15(4,10)11;7-5-3-1-2-4-6(5)8;/h3-10,12-13H,11H2,1-2H3;6-7H,5H2,1-4H3;1-4,8H;/q;;;+1/p-1/t12-,13-;6-,7-;;/m01../s1. The number of hydrogen-bond donors (Lipinski definition) is 0. The Morgan fingerprint density at radius 1 is 0.578 bits per heavy atom. The summed E-state index contributed by atoms with van der Waals surface area (Å²) in [4.78, 5) is 0. The number of para-hydroxylation sites is 3. The number of rotatable bonds is 12. The maximum atomic E-state index is 10.7. The molecule has 3 rings (SSSR count). The molecule has 3 aromatic rings. The van der Waals surface area contributed by atoms with Crippen molar-refractivity contribution in [3.63, 3.8) is 0 Å². The zero-order chi connectivity index (χ0) is 33.5. The van der Waals surface area contributed by atoms with Gasteiger partial charge < -0.3 is 14.6 Å². The van der Waals surface area contributed by atoms with E-state index >= 15 is 0 Å². The first-order chi connectivity index (χ1) is 20.4. The van der Waals surface area contributed by atoms with E-state index in [-0.39, 0.29) is 53.9 Å². The number of ether oxygens (including phenoxy) is 2. The molecule has 0 radical (unpaired) electrons. The summed E-state index contributed by atoms with van der Waals surface area (Å²) in [5.74, 6) is 1.75. The van der Waals surface area contributed by atoms with E-state index in [2.05, 4.69) is 70.0 Å². The normalized spacial score (nSPS) is 13.7. The molecule has 0 aliphatic heterocycles. The van der Waals surface area contributed by atoms with Crippen molar-refractivity contribution in [2.45, 2.75) is 65.0 Å². The second-order valence-electron chi connectivity index (χ2n) is 9.84. The molecule has 4 atom stereocenters. The van der Waals surface area contributed by atoms with Crippen LogP contribution in [0, 0.1) is 0 Å². The Bertz CT molecular complexity index is 1400. The van der Waals surface area contributed by atoms with Crippen LogP contribution in [0.1, 0.15) is 40.5 Å². The maximum absolute atomic E-state index is 10.7. The molecule has 3 aromatic carbocycles. The van der Waals surface area contributed by atoms with E-state index < -0.39 is 32.4 Å². The molecule has 0 aliphatic carbocycles. The van der Waals surface area contributed by atoms with Gasteiger partial charge in [0.25, 0.3) is 20.2 Å². The van der Waals surface area contributed by atoms with Crippen LogP contribution in [-0.2, 0) is 28.6 Å². The molecule has 0 heterocycles. The van der Waals surface area contributed by atoms with Gasteiger partial charge in [0, 0.05) is 17.3 Å². The van der Waals surface area contributed by atoms with E-state index in [1.807, 2.05) is 54.6 Å². The van der Waals surface area contributed by atoms with Crippen LogP contribution in [0.2, 0.25) is 0 Å². The summed E-state index contributed by atoms with van der Waals surface area (Å²) in [6.45, 7) is 7.17. The molecule has 0 aliphatic rings. The van der Waals surface area contributed by atoms with Gasteiger partial charge in [-0.3, -0.25) is 8.37 Å². The SMILES string of the molecule is C[C@@H](C[C@H](C)Oc1ccccc1Br)Oc1ccccc1Br.C[C@H](C[C@@H](C)OS(C)(=O)=O)OS(C)(=O)=O.[Na+].[O-]c1ccccc1Br. The summed E-state index contributed by atoms with van der Waals surface area (Å²) < 4.78 is 66.6. The van der Waals surface area contributed by atoms with Crippen molar-refractivity contribution in [2.75, 3.05) is 12.5 Å². The van der Waals surface area contributed by atoms with Gasteiger partial charge in [0.05, 0.1) is 45.9 Å². The average Bonchev–Trinajstić information content (AvgIpc) is 2.87. The van der Waals surface area contributed by atoms with E-state index in [0.29, 0.717) is 4.47 Å². The van der Waals surface area contributed by atoms with Crippen LogP contribution in [0.3, 0.4) is 0 Å². The molecule has 0 amide bonds. The zero-order valence-electron chi connectivity index (χ0n) is 26.3. The first kappa shape index (κ1) is 44.3. The molecule has 0 saturated carbocycles. The van der Waals surface area contributed by atoms with E-state index in [0.717, 1.165) is 39.4 Å². The Morgan fingerprint density at radius 2 is 0.889 bits per heavy atom. The molecule has 0 unspecified atom stereocenters. The molecule has 0 N–H and O–H groups in total. The van der Waals surface area contributed by atoms with Gasteiger partial charge in [-0.2, -0.15) is 16.8 Å². The molecular weight excluding hydrogens is 831 g/mol. The van der Waals surface area contributed by atoms with Gasteiger partial charge >= 0.3 is 29.6 Å². The third-order valence-corrected chi connectivity index (χ3v) is 8.49. The average molecular weight is 869 g/mol. The maximum Gasteiger partial charge on any atom is 1.00 e. The summed E-state index contributed by atoms with van der Waals surface area (Å²) in [7, 11) is -7.04. The van der Waals surface area contributed by atoms with Gasteiger partial charge in [0.15, 0.2) is 0 Å². The number of halogens is 3. The molecule has 0 fully saturated rings. The van der Waals surface area contributed by atoms with Gasteiger partial charge in [-0.1, -0.05) is 64.1 Å². The second kappa shape index (κ2) is 22.0. The third-order valence-electron chi connectivity index (χ3n) is 5.17. The fourth-order valence-electron chi connectivity index (χ4n) is 3.67. The number of hydrogen-bond acceptors (Lipinski definition) is 9. The van der Waals surface area contributed by atoms with Gasteiger partial charge in [-0.05, 0) is 89.9 Å². The van der Waals surface area contributed by atoms with Crippen LogP contribution >= 0.6 is 47.8 Å². The molecule has 45 heavy (non-hydrogen) atoms. The molecule has 0 spiro atoms. The molecule has 0 bridgehead atoms. The third kappa shape index (κ3) is 21.7. The predicted molar refractivity (Wildman–Crippen MR) is 182 cm³/mol. The van der Waals surface area contributed by atoms with Crippen molar-refractivity contribution in [2.24, 2.45) is 0 Å². The number of benzene rings is 3. The largest absolute Gasteiger partial charge is 1.00 e. The van der Waals surface area contributed by atoms with Crippen molar-refractivity contribution in [1.29, 1.82) is 0 Å². The van der Waals surface area contributed by atoms with Crippen LogP contribution in [-0.4, -0.2) is 53.8 Å². The molecule has 15 heteroatoms. The Balaban J connectivity index is 0.000000704. The molecule has 9 nitrogen and oxygen atoms in total. The fourth-order valence-corrected chi connectivity index (χ4v) is 6.06. The monoisotopic (exact) mass is 866 g/mol. The molecule has 0 saturated heterocycles. The minimum absolute atomic E-state index is 0. The summed E-state index contributed by atoms with van der Waals surface area (Å²) >= 11 is 10.1. The second-order valence-corrected chi connectivity index (χ2v) is 15.6. The van der Waals surface area contributed by atoms with E-state index in [4.69, 9.17) is 9.47 Å². The summed E-state index contributed by atoms with van der Waals surface area (Å²) in [5.41, 5.74) is 0. The van der Waals surface area contributed by atoms with Crippen molar-refractivity contribution < 1.29 is 69.3 Å². The Hall–Kier alpha value is -0.680. The van der Waals surface area contributed by atoms with E-state index in [1.54, 1.807) is 12.1 Å². The van der Waals surface area contributed by atoms with Crippen LogP contribution in [0.15, 0.2) is 86.2 Å².